The first-order valence-electron chi connectivity index (χ1n) is 12.0. The highest BCUT2D eigenvalue weighted by Crippen LogP contribution is 2.36. The number of carbonyl (C=O) groups excluding carboxylic acids is 1. The normalized spacial score (nSPS) is 14.9. The fourth-order valence-corrected chi connectivity index (χ4v) is 5.16. The third-order valence-corrected chi connectivity index (χ3v) is 7.34. The fraction of sp³-hybridized carbons (Fsp3) is 0.444. The number of amides is 1. The lowest BCUT2D eigenvalue weighted by Gasteiger charge is -2.26. The molecule has 0 atom stereocenters. The van der Waals surface area contributed by atoms with Gasteiger partial charge in [-0.05, 0) is 48.4 Å². The van der Waals surface area contributed by atoms with Crippen molar-refractivity contribution in [1.82, 2.24) is 14.8 Å². The van der Waals surface area contributed by atoms with E-state index >= 15 is 0 Å². The summed E-state index contributed by atoms with van der Waals surface area (Å²) in [5.74, 6) is 0.520. The van der Waals surface area contributed by atoms with Crippen molar-refractivity contribution in [3.63, 3.8) is 0 Å². The quantitative estimate of drug-likeness (QED) is 0.389. The second-order valence-corrected chi connectivity index (χ2v) is 11.0. The van der Waals surface area contributed by atoms with E-state index in [4.69, 9.17) is 0 Å². The summed E-state index contributed by atoms with van der Waals surface area (Å²) in [5, 5.41) is 12.6. The number of nitrogens with zero attached hydrogens (tertiary/aromatic N) is 3. The number of nitrogens with one attached hydrogen (secondary N) is 1. The number of benzene rings is 2. The van der Waals surface area contributed by atoms with Crippen LogP contribution in [0.5, 0.6) is 0 Å². The molecular formula is C27H33FN4OS. The van der Waals surface area contributed by atoms with Gasteiger partial charge in [-0.25, -0.2) is 4.39 Å². The molecule has 0 unspecified atom stereocenters. The van der Waals surface area contributed by atoms with E-state index in [1.54, 1.807) is 19.1 Å². The topological polar surface area (TPSA) is 59.8 Å². The Balaban J connectivity index is 1.54. The van der Waals surface area contributed by atoms with Crippen LogP contribution < -0.4 is 5.32 Å². The van der Waals surface area contributed by atoms with Crippen LogP contribution in [0.15, 0.2) is 47.6 Å². The van der Waals surface area contributed by atoms with Gasteiger partial charge in [0.05, 0.1) is 5.75 Å². The SMILES string of the molecule is Cc1ccc(NC(=O)CSc2nnc(-c3ccc(C(C)(C)C)cc3)n2C2CCCCC2)cc1F. The van der Waals surface area contributed by atoms with Crippen molar-refractivity contribution in [2.75, 3.05) is 11.1 Å². The van der Waals surface area contributed by atoms with E-state index in [1.165, 1.54) is 42.7 Å². The molecule has 1 N–H and O–H groups in total. The maximum absolute atomic E-state index is 13.8. The Kier molecular flexibility index (Phi) is 7.41. The highest BCUT2D eigenvalue weighted by Gasteiger charge is 2.25. The molecule has 1 fully saturated rings. The van der Waals surface area contributed by atoms with Gasteiger partial charge in [-0.2, -0.15) is 0 Å². The predicted molar refractivity (Wildman–Crippen MR) is 137 cm³/mol. The molecule has 1 aromatic heterocycles. The molecule has 1 aliphatic rings. The van der Waals surface area contributed by atoms with Gasteiger partial charge in [0.15, 0.2) is 11.0 Å². The first kappa shape index (κ1) is 24.5. The molecule has 180 valence electrons. The van der Waals surface area contributed by atoms with E-state index in [9.17, 15) is 9.18 Å². The van der Waals surface area contributed by atoms with Gasteiger partial charge in [0.25, 0.3) is 0 Å². The standard InChI is InChI=1S/C27H33FN4OS/c1-18-10-15-21(16-23(18)28)29-24(33)17-34-26-31-30-25(32(26)22-8-6-5-7-9-22)19-11-13-20(14-12-19)27(2,3)4/h10-16,22H,5-9,17H2,1-4H3,(H,29,33). The van der Waals surface area contributed by atoms with Crippen LogP contribution in [0.2, 0.25) is 0 Å². The number of rotatable bonds is 6. The number of halogens is 1. The number of aryl methyl sites for hydroxylation is 1. The van der Waals surface area contributed by atoms with E-state index in [1.807, 2.05) is 0 Å². The molecule has 2 aromatic carbocycles. The molecule has 34 heavy (non-hydrogen) atoms. The third-order valence-electron chi connectivity index (χ3n) is 6.40. The van der Waals surface area contributed by atoms with Gasteiger partial charge in [-0.15, -0.1) is 10.2 Å². The Labute approximate surface area is 205 Å². The Bertz CT molecular complexity index is 1140. The average Bonchev–Trinajstić information content (AvgIpc) is 3.24. The Morgan fingerprint density at radius 3 is 2.44 bits per heavy atom. The number of carbonyl (C=O) groups is 1. The summed E-state index contributed by atoms with van der Waals surface area (Å²) in [4.78, 5) is 12.6. The lowest BCUT2D eigenvalue weighted by atomic mass is 9.86. The zero-order valence-electron chi connectivity index (χ0n) is 20.4. The molecule has 1 aliphatic carbocycles. The second-order valence-electron chi connectivity index (χ2n) is 10.1. The maximum atomic E-state index is 13.8. The van der Waals surface area contributed by atoms with E-state index < -0.39 is 0 Å². The summed E-state index contributed by atoms with van der Waals surface area (Å²) in [6.45, 7) is 8.31. The van der Waals surface area contributed by atoms with Crippen molar-refractivity contribution in [1.29, 1.82) is 0 Å². The minimum Gasteiger partial charge on any atom is -0.325 e. The number of hydrogen-bond donors (Lipinski definition) is 1. The van der Waals surface area contributed by atoms with E-state index in [0.29, 0.717) is 17.3 Å². The molecule has 4 rings (SSSR count). The highest BCUT2D eigenvalue weighted by atomic mass is 32.2. The third kappa shape index (κ3) is 5.69. The van der Waals surface area contributed by atoms with Crippen LogP contribution in [0.1, 0.15) is 70.0 Å². The molecule has 3 aromatic rings. The molecule has 1 saturated carbocycles. The molecule has 0 radical (unpaired) electrons. The van der Waals surface area contributed by atoms with Crippen molar-refractivity contribution >= 4 is 23.4 Å². The predicted octanol–water partition coefficient (Wildman–Crippen LogP) is 6.93. The first-order chi connectivity index (χ1) is 16.2. The molecule has 0 bridgehead atoms. The van der Waals surface area contributed by atoms with Gasteiger partial charge >= 0.3 is 0 Å². The van der Waals surface area contributed by atoms with Crippen molar-refractivity contribution in [3.05, 3.63) is 59.4 Å². The minimum atomic E-state index is -0.329. The molecule has 1 heterocycles. The molecular weight excluding hydrogens is 447 g/mol. The molecule has 5 nitrogen and oxygen atoms in total. The largest absolute Gasteiger partial charge is 0.325 e. The summed E-state index contributed by atoms with van der Waals surface area (Å²) in [6.07, 6.45) is 5.82. The van der Waals surface area contributed by atoms with Crippen molar-refractivity contribution in [2.45, 2.75) is 76.4 Å². The molecule has 0 aliphatic heterocycles. The van der Waals surface area contributed by atoms with Crippen LogP contribution in [-0.2, 0) is 10.2 Å². The van der Waals surface area contributed by atoms with Gasteiger partial charge in [-0.1, -0.05) is 82.1 Å². The summed E-state index contributed by atoms with van der Waals surface area (Å²) in [7, 11) is 0. The zero-order valence-corrected chi connectivity index (χ0v) is 21.2. The molecule has 1 amide bonds. The number of hydrogen-bond acceptors (Lipinski definition) is 4. The molecule has 0 saturated heterocycles. The zero-order chi connectivity index (χ0) is 24.3. The van der Waals surface area contributed by atoms with E-state index in [0.717, 1.165) is 29.4 Å². The second kappa shape index (κ2) is 10.3. The van der Waals surface area contributed by atoms with Crippen LogP contribution >= 0.6 is 11.8 Å². The van der Waals surface area contributed by atoms with Crippen molar-refractivity contribution < 1.29 is 9.18 Å². The molecule has 7 heteroatoms. The average molecular weight is 481 g/mol. The lowest BCUT2D eigenvalue weighted by Crippen LogP contribution is -2.17. The maximum Gasteiger partial charge on any atom is 0.234 e. The summed E-state index contributed by atoms with van der Waals surface area (Å²) in [5.41, 5.74) is 3.42. The Morgan fingerprint density at radius 1 is 1.09 bits per heavy atom. The van der Waals surface area contributed by atoms with Gasteiger partial charge in [0.2, 0.25) is 5.91 Å². The number of thioether (sulfide) groups is 1. The van der Waals surface area contributed by atoms with Gasteiger partial charge < -0.3 is 5.32 Å². The Morgan fingerprint density at radius 2 is 1.79 bits per heavy atom. The number of anilines is 1. The minimum absolute atomic E-state index is 0.0876. The van der Waals surface area contributed by atoms with Gasteiger partial charge in [0.1, 0.15) is 5.82 Å². The summed E-state index contributed by atoms with van der Waals surface area (Å²) < 4.78 is 16.0. The van der Waals surface area contributed by atoms with E-state index in [-0.39, 0.29) is 22.9 Å². The Hall–Kier alpha value is -2.67. The van der Waals surface area contributed by atoms with Crippen LogP contribution in [0.3, 0.4) is 0 Å². The summed E-state index contributed by atoms with van der Waals surface area (Å²) >= 11 is 1.38. The first-order valence-corrected chi connectivity index (χ1v) is 13.0. The monoisotopic (exact) mass is 480 g/mol. The van der Waals surface area contributed by atoms with Gasteiger partial charge in [-0.3, -0.25) is 9.36 Å². The number of aromatic nitrogens is 3. The highest BCUT2D eigenvalue weighted by molar-refractivity contribution is 7.99. The smallest absolute Gasteiger partial charge is 0.234 e. The van der Waals surface area contributed by atoms with Crippen LogP contribution in [-0.4, -0.2) is 26.4 Å². The van der Waals surface area contributed by atoms with Gasteiger partial charge in [0, 0.05) is 17.3 Å². The van der Waals surface area contributed by atoms with Crippen molar-refractivity contribution in [2.24, 2.45) is 0 Å². The van der Waals surface area contributed by atoms with Crippen molar-refractivity contribution in [3.8, 4) is 11.4 Å². The van der Waals surface area contributed by atoms with E-state index in [2.05, 4.69) is 65.1 Å². The van der Waals surface area contributed by atoms with Crippen LogP contribution in [0, 0.1) is 12.7 Å². The summed E-state index contributed by atoms with van der Waals surface area (Å²) in [6, 6.07) is 13.6. The van der Waals surface area contributed by atoms with Crippen LogP contribution in [0.4, 0.5) is 10.1 Å². The fourth-order valence-electron chi connectivity index (χ4n) is 4.36. The molecule has 0 spiro atoms. The lowest BCUT2D eigenvalue weighted by molar-refractivity contribution is -0.113. The van der Waals surface area contributed by atoms with Crippen LogP contribution in [0.25, 0.3) is 11.4 Å².